The van der Waals surface area contributed by atoms with E-state index in [-0.39, 0.29) is 29.6 Å². The van der Waals surface area contributed by atoms with Gasteiger partial charge in [0, 0.05) is 24.0 Å². The summed E-state index contributed by atoms with van der Waals surface area (Å²) in [6.45, 7) is 0. The summed E-state index contributed by atoms with van der Waals surface area (Å²) in [4.78, 5) is 16.4. The van der Waals surface area contributed by atoms with E-state index in [4.69, 9.17) is 11.1 Å². The quantitative estimate of drug-likeness (QED) is 0.527. The van der Waals surface area contributed by atoms with Crippen molar-refractivity contribution in [3.8, 4) is 0 Å². The van der Waals surface area contributed by atoms with E-state index in [1.165, 1.54) is 6.07 Å². The summed E-state index contributed by atoms with van der Waals surface area (Å²) < 4.78 is 14.5. The third-order valence-electron chi connectivity index (χ3n) is 6.03. The smallest absolute Gasteiger partial charge is 0.228 e. The SMILES string of the molecule is Nc1cc(F)c(NC(=O)Cc2cccnc2)cc1C(=[NH2+])C1CC[C@@H]2C=CC=CC2C1. The third-order valence-corrected chi connectivity index (χ3v) is 6.03. The van der Waals surface area contributed by atoms with Crippen LogP contribution in [0.5, 0.6) is 0 Å². The first-order chi connectivity index (χ1) is 14.5. The van der Waals surface area contributed by atoms with Gasteiger partial charge in [-0.15, -0.1) is 0 Å². The number of nitrogen functional groups attached to an aromatic ring is 1. The lowest BCUT2D eigenvalue weighted by molar-refractivity contribution is -0.120. The first-order valence-electron chi connectivity index (χ1n) is 10.3. The summed E-state index contributed by atoms with van der Waals surface area (Å²) in [7, 11) is 0. The summed E-state index contributed by atoms with van der Waals surface area (Å²) in [6, 6.07) is 6.35. The standard InChI is InChI=1S/C24H25FN4O/c25-20-13-21(26)19(12-22(20)29-23(30)10-15-4-3-9-28-14-15)24(27)18-8-7-16-5-1-2-6-17(16)11-18/h1-6,9,12-14,16-18,27H,7-8,10-11,26H2,(H,29,30)/p+1/t16-,17?,18?/m0/s1. The van der Waals surface area contributed by atoms with Gasteiger partial charge < -0.3 is 11.1 Å². The minimum Gasteiger partial charge on any atom is -0.398 e. The number of hydrogen-bond acceptors (Lipinski definition) is 3. The van der Waals surface area contributed by atoms with Gasteiger partial charge in [0.25, 0.3) is 0 Å². The van der Waals surface area contributed by atoms with Crippen LogP contribution in [-0.2, 0) is 11.2 Å². The van der Waals surface area contributed by atoms with E-state index in [1.54, 1.807) is 30.6 Å². The van der Waals surface area contributed by atoms with Gasteiger partial charge in [-0.05, 0) is 54.9 Å². The van der Waals surface area contributed by atoms with E-state index in [2.05, 4.69) is 34.6 Å². The van der Waals surface area contributed by atoms with Crippen molar-refractivity contribution >= 4 is 23.0 Å². The summed E-state index contributed by atoms with van der Waals surface area (Å²) in [6.07, 6.45) is 15.0. The molecule has 5 nitrogen and oxygen atoms in total. The number of anilines is 2. The number of amides is 1. The summed E-state index contributed by atoms with van der Waals surface area (Å²) >= 11 is 0. The molecule has 1 heterocycles. The Kier molecular flexibility index (Phi) is 5.74. The van der Waals surface area contributed by atoms with Crippen LogP contribution in [0.15, 0.2) is 61.0 Å². The lowest BCUT2D eigenvalue weighted by atomic mass is 9.70. The Morgan fingerprint density at radius 1 is 1.23 bits per heavy atom. The normalized spacial score (nSPS) is 22.4. The molecule has 1 saturated carbocycles. The highest BCUT2D eigenvalue weighted by molar-refractivity contribution is 6.04. The second-order valence-electron chi connectivity index (χ2n) is 8.07. The molecule has 0 bridgehead atoms. The molecule has 3 atom stereocenters. The molecule has 0 spiro atoms. The Balaban J connectivity index is 1.50. The Labute approximate surface area is 175 Å². The Bertz CT molecular complexity index is 1020. The summed E-state index contributed by atoms with van der Waals surface area (Å²) in [5, 5.41) is 9.16. The number of halogens is 1. The number of pyridine rings is 1. The molecule has 1 aromatic heterocycles. The average molecular weight is 405 g/mol. The van der Waals surface area contributed by atoms with Gasteiger partial charge in [0.15, 0.2) is 5.71 Å². The molecule has 0 saturated heterocycles. The molecule has 154 valence electrons. The number of nitrogens with two attached hydrogens (primary N) is 2. The first kappa shape index (κ1) is 20.0. The number of fused-ring (bicyclic) bond motifs is 1. The van der Waals surface area contributed by atoms with Crippen LogP contribution in [0.4, 0.5) is 15.8 Å². The van der Waals surface area contributed by atoms with Crippen LogP contribution in [0.3, 0.4) is 0 Å². The minimum atomic E-state index is -0.576. The molecule has 0 aliphatic heterocycles. The number of aromatic nitrogens is 1. The van der Waals surface area contributed by atoms with Crippen LogP contribution < -0.4 is 16.5 Å². The zero-order chi connectivity index (χ0) is 21.1. The second kappa shape index (κ2) is 8.61. The molecule has 2 aromatic rings. The highest BCUT2D eigenvalue weighted by atomic mass is 19.1. The first-order valence-corrected chi connectivity index (χ1v) is 10.3. The molecule has 6 heteroatoms. The molecule has 4 rings (SSSR count). The molecule has 5 N–H and O–H groups in total. The zero-order valence-electron chi connectivity index (χ0n) is 16.7. The van der Waals surface area contributed by atoms with Crippen LogP contribution in [0.2, 0.25) is 0 Å². The number of allylic oxidation sites excluding steroid dienone is 4. The van der Waals surface area contributed by atoms with Gasteiger partial charge in [0.05, 0.1) is 17.7 Å². The maximum absolute atomic E-state index is 14.5. The number of carbonyl (C=O) groups excluding carboxylic acids is 1. The lowest BCUT2D eigenvalue weighted by Crippen LogP contribution is -2.47. The fraction of sp³-hybridized carbons (Fsp3) is 0.292. The summed E-state index contributed by atoms with van der Waals surface area (Å²) in [5.41, 5.74) is 8.49. The van der Waals surface area contributed by atoms with Crippen LogP contribution in [0.25, 0.3) is 0 Å². The highest BCUT2D eigenvalue weighted by Gasteiger charge is 2.34. The third kappa shape index (κ3) is 4.32. The maximum atomic E-state index is 14.5. The van der Waals surface area contributed by atoms with Gasteiger partial charge in [-0.2, -0.15) is 0 Å². The minimum absolute atomic E-state index is 0.0882. The van der Waals surface area contributed by atoms with Crippen molar-refractivity contribution in [3.05, 3.63) is 77.9 Å². The Morgan fingerprint density at radius 2 is 2.03 bits per heavy atom. The van der Waals surface area contributed by atoms with Crippen molar-refractivity contribution in [2.45, 2.75) is 25.7 Å². The van der Waals surface area contributed by atoms with Gasteiger partial charge in [0.1, 0.15) is 5.82 Å². The Hall–Kier alpha value is -3.28. The van der Waals surface area contributed by atoms with Crippen molar-refractivity contribution in [1.82, 2.24) is 4.98 Å². The molecular weight excluding hydrogens is 379 g/mol. The van der Waals surface area contributed by atoms with E-state index in [0.29, 0.717) is 23.1 Å². The van der Waals surface area contributed by atoms with Gasteiger partial charge in [-0.1, -0.05) is 30.4 Å². The number of hydrogen-bond donors (Lipinski definition) is 3. The van der Waals surface area contributed by atoms with Gasteiger partial charge in [-0.3, -0.25) is 15.2 Å². The topological polar surface area (TPSA) is 93.6 Å². The van der Waals surface area contributed by atoms with Crippen LogP contribution >= 0.6 is 0 Å². The highest BCUT2D eigenvalue weighted by Crippen LogP contribution is 2.39. The number of benzene rings is 1. The van der Waals surface area contributed by atoms with Crippen LogP contribution in [0, 0.1) is 23.6 Å². The monoisotopic (exact) mass is 405 g/mol. The number of carbonyl (C=O) groups is 1. The van der Waals surface area contributed by atoms with Crippen molar-refractivity contribution in [1.29, 1.82) is 0 Å². The van der Waals surface area contributed by atoms with E-state index >= 15 is 0 Å². The van der Waals surface area contributed by atoms with Crippen molar-refractivity contribution in [2.75, 3.05) is 11.1 Å². The average Bonchev–Trinajstić information content (AvgIpc) is 2.75. The molecule has 1 amide bonds. The van der Waals surface area contributed by atoms with Crippen LogP contribution in [-0.4, -0.2) is 16.6 Å². The van der Waals surface area contributed by atoms with E-state index in [1.807, 2.05) is 0 Å². The van der Waals surface area contributed by atoms with E-state index in [0.717, 1.165) is 24.8 Å². The predicted molar refractivity (Wildman–Crippen MR) is 116 cm³/mol. The fourth-order valence-corrected chi connectivity index (χ4v) is 4.42. The maximum Gasteiger partial charge on any atom is 0.228 e. The number of rotatable bonds is 5. The predicted octanol–water partition coefficient (Wildman–Crippen LogP) is 2.69. The molecule has 1 aromatic carbocycles. The van der Waals surface area contributed by atoms with E-state index in [9.17, 15) is 9.18 Å². The van der Waals surface area contributed by atoms with Crippen molar-refractivity contribution < 1.29 is 14.6 Å². The molecule has 2 aliphatic rings. The molecule has 1 fully saturated rings. The van der Waals surface area contributed by atoms with Crippen molar-refractivity contribution in [2.24, 2.45) is 17.8 Å². The molecule has 2 aliphatic carbocycles. The van der Waals surface area contributed by atoms with Crippen LogP contribution in [0.1, 0.15) is 30.4 Å². The molecular formula is C24H26FN4O+. The van der Waals surface area contributed by atoms with E-state index < -0.39 is 5.82 Å². The Morgan fingerprint density at radius 3 is 2.80 bits per heavy atom. The fourth-order valence-electron chi connectivity index (χ4n) is 4.42. The largest absolute Gasteiger partial charge is 0.398 e. The summed E-state index contributed by atoms with van der Waals surface area (Å²) in [5.74, 6) is 0.303. The molecule has 30 heavy (non-hydrogen) atoms. The zero-order valence-corrected chi connectivity index (χ0v) is 16.7. The number of nitrogens with zero attached hydrogens (tertiary/aromatic N) is 1. The second-order valence-corrected chi connectivity index (χ2v) is 8.07. The van der Waals surface area contributed by atoms with Crippen molar-refractivity contribution in [3.63, 3.8) is 0 Å². The molecule has 2 unspecified atom stereocenters. The van der Waals surface area contributed by atoms with Gasteiger partial charge in [-0.25, -0.2) is 4.39 Å². The number of nitrogens with one attached hydrogen (secondary N) is 1. The van der Waals surface area contributed by atoms with Gasteiger partial charge >= 0.3 is 0 Å². The van der Waals surface area contributed by atoms with Gasteiger partial charge in [0.2, 0.25) is 5.91 Å². The lowest BCUT2D eigenvalue weighted by Gasteiger charge is -2.33. The molecule has 0 radical (unpaired) electrons.